The molecule has 2 heterocycles. The molecule has 2 rings (SSSR count). The molecule has 0 spiro atoms. The molecule has 1 aliphatic heterocycles. The van der Waals surface area contributed by atoms with E-state index in [9.17, 15) is 14.9 Å². The van der Waals surface area contributed by atoms with Crippen molar-refractivity contribution in [1.29, 1.82) is 0 Å². The molecule has 0 radical (unpaired) electrons. The van der Waals surface area contributed by atoms with E-state index in [1.54, 1.807) is 0 Å². The van der Waals surface area contributed by atoms with Crippen LogP contribution >= 0.6 is 0 Å². The topological polar surface area (TPSA) is 104 Å². The van der Waals surface area contributed by atoms with E-state index in [4.69, 9.17) is 4.74 Å². The van der Waals surface area contributed by atoms with Crippen molar-refractivity contribution in [2.24, 2.45) is 0 Å². The van der Waals surface area contributed by atoms with E-state index in [0.29, 0.717) is 13.2 Å². The molecule has 1 unspecified atom stereocenters. The van der Waals surface area contributed by atoms with Crippen LogP contribution in [0.15, 0.2) is 12.1 Å². The second-order valence-corrected chi connectivity index (χ2v) is 5.07. The Morgan fingerprint density at radius 2 is 2.38 bits per heavy atom. The first-order valence-corrected chi connectivity index (χ1v) is 6.57. The van der Waals surface area contributed by atoms with Crippen LogP contribution in [0.3, 0.4) is 0 Å². The number of hydrogen-bond donors (Lipinski definition) is 1. The van der Waals surface area contributed by atoms with Gasteiger partial charge in [0.25, 0.3) is 0 Å². The van der Waals surface area contributed by atoms with Crippen LogP contribution in [-0.2, 0) is 9.47 Å². The van der Waals surface area contributed by atoms with Crippen LogP contribution < -0.4 is 5.32 Å². The SMILES string of the molecule is COC(=O)c1ccc([N+](=O)[O-])c(NCC2(C)CCCO2)n1. The second-order valence-electron chi connectivity index (χ2n) is 5.07. The van der Waals surface area contributed by atoms with Crippen molar-refractivity contribution in [2.45, 2.75) is 25.4 Å². The van der Waals surface area contributed by atoms with Crippen molar-refractivity contribution < 1.29 is 19.2 Å². The van der Waals surface area contributed by atoms with E-state index < -0.39 is 10.9 Å². The lowest BCUT2D eigenvalue weighted by molar-refractivity contribution is -0.384. The lowest BCUT2D eigenvalue weighted by atomic mass is 10.0. The van der Waals surface area contributed by atoms with Gasteiger partial charge in [-0.2, -0.15) is 0 Å². The maximum absolute atomic E-state index is 11.5. The van der Waals surface area contributed by atoms with Crippen LogP contribution in [0, 0.1) is 10.1 Å². The molecule has 8 nitrogen and oxygen atoms in total. The van der Waals surface area contributed by atoms with Gasteiger partial charge in [0.1, 0.15) is 0 Å². The van der Waals surface area contributed by atoms with Crippen LogP contribution in [0.5, 0.6) is 0 Å². The van der Waals surface area contributed by atoms with Crippen LogP contribution in [0.2, 0.25) is 0 Å². The number of aromatic nitrogens is 1. The van der Waals surface area contributed by atoms with Gasteiger partial charge in [0.2, 0.25) is 5.82 Å². The summed E-state index contributed by atoms with van der Waals surface area (Å²) >= 11 is 0. The van der Waals surface area contributed by atoms with Gasteiger partial charge in [0.05, 0.1) is 17.6 Å². The first kappa shape index (κ1) is 15.2. The van der Waals surface area contributed by atoms with Crippen molar-refractivity contribution in [1.82, 2.24) is 4.98 Å². The predicted molar refractivity (Wildman–Crippen MR) is 74.3 cm³/mol. The Morgan fingerprint density at radius 1 is 1.62 bits per heavy atom. The molecule has 21 heavy (non-hydrogen) atoms. The zero-order valence-corrected chi connectivity index (χ0v) is 11.9. The minimum atomic E-state index is -0.642. The van der Waals surface area contributed by atoms with Crippen molar-refractivity contribution in [2.75, 3.05) is 25.6 Å². The van der Waals surface area contributed by atoms with Crippen molar-refractivity contribution in [3.8, 4) is 0 Å². The summed E-state index contributed by atoms with van der Waals surface area (Å²) in [5.41, 5.74) is -0.552. The van der Waals surface area contributed by atoms with Gasteiger partial charge >= 0.3 is 11.7 Å². The number of methoxy groups -OCH3 is 1. The number of carbonyl (C=O) groups is 1. The van der Waals surface area contributed by atoms with Gasteiger partial charge < -0.3 is 14.8 Å². The Hall–Kier alpha value is -2.22. The zero-order valence-electron chi connectivity index (χ0n) is 11.9. The van der Waals surface area contributed by atoms with Gasteiger partial charge in [0, 0.05) is 19.2 Å². The monoisotopic (exact) mass is 295 g/mol. The molecule has 8 heteroatoms. The fourth-order valence-corrected chi connectivity index (χ4v) is 2.19. The van der Waals surface area contributed by atoms with Gasteiger partial charge in [-0.1, -0.05) is 0 Å². The minimum Gasteiger partial charge on any atom is -0.464 e. The number of esters is 1. The fourth-order valence-electron chi connectivity index (χ4n) is 2.19. The molecule has 1 aliphatic rings. The van der Waals surface area contributed by atoms with E-state index in [2.05, 4.69) is 15.0 Å². The molecule has 0 saturated carbocycles. The highest BCUT2D eigenvalue weighted by Crippen LogP contribution is 2.28. The molecule has 0 amide bonds. The van der Waals surface area contributed by atoms with Gasteiger partial charge in [-0.15, -0.1) is 0 Å². The third-order valence-electron chi connectivity index (χ3n) is 3.40. The Bertz CT molecular complexity index is 555. The second kappa shape index (κ2) is 6.04. The number of pyridine rings is 1. The number of hydrogen-bond acceptors (Lipinski definition) is 7. The Morgan fingerprint density at radius 3 is 2.95 bits per heavy atom. The first-order valence-electron chi connectivity index (χ1n) is 6.57. The summed E-state index contributed by atoms with van der Waals surface area (Å²) in [7, 11) is 1.23. The number of nitro groups is 1. The molecular formula is C13H17N3O5. The smallest absolute Gasteiger partial charge is 0.356 e. The molecule has 114 valence electrons. The number of nitrogens with one attached hydrogen (secondary N) is 1. The molecule has 1 atom stereocenters. The molecule has 1 aromatic heterocycles. The predicted octanol–water partition coefficient (Wildman–Crippen LogP) is 1.76. The van der Waals surface area contributed by atoms with Crippen LogP contribution in [0.4, 0.5) is 11.5 Å². The molecule has 0 aliphatic carbocycles. The minimum absolute atomic E-state index is 0.0168. The number of nitrogens with zero attached hydrogens (tertiary/aromatic N) is 2. The van der Waals surface area contributed by atoms with E-state index >= 15 is 0 Å². The molecular weight excluding hydrogens is 278 g/mol. The highest BCUT2D eigenvalue weighted by molar-refractivity contribution is 5.88. The van der Waals surface area contributed by atoms with Gasteiger partial charge in [-0.05, 0) is 25.8 Å². The third-order valence-corrected chi connectivity index (χ3v) is 3.40. The third kappa shape index (κ3) is 3.46. The summed E-state index contributed by atoms with van der Waals surface area (Å²) in [5.74, 6) is -0.601. The average Bonchev–Trinajstić information content (AvgIpc) is 2.91. The van der Waals surface area contributed by atoms with Crippen molar-refractivity contribution in [3.05, 3.63) is 27.9 Å². The molecule has 1 aromatic rings. The van der Waals surface area contributed by atoms with Crippen molar-refractivity contribution >= 4 is 17.5 Å². The Kier molecular flexibility index (Phi) is 4.37. The van der Waals surface area contributed by atoms with Crippen LogP contribution in [0.25, 0.3) is 0 Å². The lowest BCUT2D eigenvalue weighted by Crippen LogP contribution is -2.33. The Labute approximate surface area is 121 Å². The first-order chi connectivity index (χ1) is 9.95. The molecule has 1 N–H and O–H groups in total. The summed E-state index contributed by atoms with van der Waals surface area (Å²) in [6.45, 7) is 2.99. The molecule has 0 bridgehead atoms. The molecule has 1 saturated heterocycles. The summed E-state index contributed by atoms with van der Waals surface area (Å²) in [5, 5.41) is 13.9. The number of rotatable bonds is 5. The fraction of sp³-hybridized carbons (Fsp3) is 0.538. The van der Waals surface area contributed by atoms with E-state index in [-0.39, 0.29) is 22.8 Å². The zero-order chi connectivity index (χ0) is 15.5. The average molecular weight is 295 g/mol. The quantitative estimate of drug-likeness (QED) is 0.501. The standard InChI is InChI=1S/C13H17N3O5/c1-13(6-3-7-21-13)8-14-11-10(16(18)19)5-4-9(15-11)12(17)20-2/h4-5H,3,6-8H2,1-2H3,(H,14,15). The summed E-state index contributed by atoms with van der Waals surface area (Å²) in [4.78, 5) is 25.9. The van der Waals surface area contributed by atoms with Crippen LogP contribution in [0.1, 0.15) is 30.3 Å². The van der Waals surface area contributed by atoms with Crippen LogP contribution in [-0.4, -0.2) is 41.7 Å². The lowest BCUT2D eigenvalue weighted by Gasteiger charge is -2.23. The highest BCUT2D eigenvalue weighted by atomic mass is 16.6. The number of ether oxygens (including phenoxy) is 2. The normalized spacial score (nSPS) is 21.0. The largest absolute Gasteiger partial charge is 0.464 e. The summed E-state index contributed by atoms with van der Waals surface area (Å²) < 4.78 is 10.2. The maximum atomic E-state index is 11.5. The van der Waals surface area contributed by atoms with E-state index in [0.717, 1.165) is 12.8 Å². The van der Waals surface area contributed by atoms with Crippen molar-refractivity contribution in [3.63, 3.8) is 0 Å². The number of carbonyl (C=O) groups excluding carboxylic acids is 1. The number of anilines is 1. The summed E-state index contributed by atoms with van der Waals surface area (Å²) in [6, 6.07) is 2.50. The summed E-state index contributed by atoms with van der Waals surface area (Å²) in [6.07, 6.45) is 1.82. The van der Waals surface area contributed by atoms with Gasteiger partial charge in [0.15, 0.2) is 5.69 Å². The van der Waals surface area contributed by atoms with E-state index in [1.165, 1.54) is 19.2 Å². The van der Waals surface area contributed by atoms with E-state index in [1.807, 2.05) is 6.92 Å². The Balaban J connectivity index is 2.22. The highest BCUT2D eigenvalue weighted by Gasteiger charge is 2.30. The molecule has 0 aromatic carbocycles. The maximum Gasteiger partial charge on any atom is 0.356 e. The molecule has 1 fully saturated rings. The van der Waals surface area contributed by atoms with Gasteiger partial charge in [-0.25, -0.2) is 9.78 Å². The van der Waals surface area contributed by atoms with Gasteiger partial charge in [-0.3, -0.25) is 10.1 Å².